The van der Waals surface area contributed by atoms with Crippen molar-refractivity contribution in [2.24, 2.45) is 5.73 Å². The number of nitrogens with two attached hydrogens (primary N) is 1. The summed E-state index contributed by atoms with van der Waals surface area (Å²) in [7, 11) is 0. The molecule has 0 spiro atoms. The molecule has 1 aromatic rings. The van der Waals surface area contributed by atoms with Gasteiger partial charge in [-0.2, -0.15) is 13.2 Å². The lowest BCUT2D eigenvalue weighted by molar-refractivity contribution is -0.210. The van der Waals surface area contributed by atoms with Crippen molar-refractivity contribution in [3.05, 3.63) is 29.8 Å². The van der Waals surface area contributed by atoms with E-state index in [2.05, 4.69) is 0 Å². The Balaban J connectivity index is 2.70. The molecule has 0 heterocycles. The average molecular weight is 249 g/mol. The van der Waals surface area contributed by atoms with Crippen LogP contribution in [-0.2, 0) is 0 Å². The molecule has 0 aromatic heterocycles. The van der Waals surface area contributed by atoms with Gasteiger partial charge < -0.3 is 15.6 Å². The molecule has 1 rings (SSSR count). The van der Waals surface area contributed by atoms with Gasteiger partial charge >= 0.3 is 6.18 Å². The summed E-state index contributed by atoms with van der Waals surface area (Å²) in [5.74, 6) is 0.255. The maximum atomic E-state index is 12.1. The molecule has 1 aromatic carbocycles. The van der Waals surface area contributed by atoms with E-state index in [0.717, 1.165) is 0 Å². The molecule has 3 nitrogen and oxygen atoms in total. The minimum atomic E-state index is -4.68. The van der Waals surface area contributed by atoms with Gasteiger partial charge in [-0.15, -0.1) is 0 Å². The number of aliphatic hydroxyl groups is 1. The quantitative estimate of drug-likeness (QED) is 0.858. The van der Waals surface area contributed by atoms with Crippen LogP contribution >= 0.6 is 0 Å². The zero-order valence-electron chi connectivity index (χ0n) is 9.24. The van der Waals surface area contributed by atoms with Crippen LogP contribution in [0.15, 0.2) is 24.3 Å². The maximum absolute atomic E-state index is 12.1. The van der Waals surface area contributed by atoms with Crippen LogP contribution in [-0.4, -0.2) is 24.0 Å². The van der Waals surface area contributed by atoms with E-state index in [-0.39, 0.29) is 11.8 Å². The molecule has 0 radical (unpaired) electrons. The Morgan fingerprint density at radius 1 is 1.35 bits per heavy atom. The minimum Gasteiger partial charge on any atom is -0.490 e. The van der Waals surface area contributed by atoms with Gasteiger partial charge in [0, 0.05) is 11.6 Å². The summed E-state index contributed by atoms with van der Waals surface area (Å²) in [5, 5.41) is 8.80. The molecule has 0 aliphatic heterocycles. The fourth-order valence-electron chi connectivity index (χ4n) is 1.25. The van der Waals surface area contributed by atoms with Gasteiger partial charge in [-0.05, 0) is 13.0 Å². The van der Waals surface area contributed by atoms with Crippen molar-refractivity contribution in [2.75, 3.05) is 6.61 Å². The van der Waals surface area contributed by atoms with Crippen LogP contribution in [0.3, 0.4) is 0 Å². The van der Waals surface area contributed by atoms with Gasteiger partial charge in [-0.1, -0.05) is 18.2 Å². The molecule has 0 aliphatic carbocycles. The van der Waals surface area contributed by atoms with Crippen molar-refractivity contribution in [1.29, 1.82) is 0 Å². The third kappa shape index (κ3) is 3.90. The minimum absolute atomic E-state index is 0.255. The normalized spacial score (nSPS) is 15.4. The van der Waals surface area contributed by atoms with Crippen LogP contribution in [0, 0.1) is 0 Å². The molecule has 17 heavy (non-hydrogen) atoms. The number of para-hydroxylation sites is 1. The molecule has 0 bridgehead atoms. The highest BCUT2D eigenvalue weighted by atomic mass is 19.4. The third-order valence-corrected chi connectivity index (χ3v) is 2.18. The molecule has 6 heteroatoms. The highest BCUT2D eigenvalue weighted by Gasteiger charge is 2.38. The van der Waals surface area contributed by atoms with Gasteiger partial charge in [-0.3, -0.25) is 0 Å². The first kappa shape index (κ1) is 13.8. The number of ether oxygens (including phenoxy) is 1. The van der Waals surface area contributed by atoms with Crippen LogP contribution in [0.2, 0.25) is 0 Å². The molecule has 96 valence electrons. The van der Waals surface area contributed by atoms with Crippen LogP contribution in [0.25, 0.3) is 0 Å². The van der Waals surface area contributed by atoms with E-state index >= 15 is 0 Å². The van der Waals surface area contributed by atoms with Gasteiger partial charge in [0.1, 0.15) is 12.4 Å². The summed E-state index contributed by atoms with van der Waals surface area (Å²) in [6.45, 7) is 0.857. The Morgan fingerprint density at radius 2 is 1.94 bits per heavy atom. The standard InChI is InChI=1S/C11H14F3NO2/c1-7(15)8-4-2-3-5-9(8)17-6-10(16)11(12,13)14/h2-5,7,10,16H,6,15H2,1H3/t7-,10?/m0/s1. The van der Waals surface area contributed by atoms with Crippen molar-refractivity contribution in [1.82, 2.24) is 0 Å². The SMILES string of the molecule is C[C@H](N)c1ccccc1OCC(O)C(F)(F)F. The van der Waals surface area contributed by atoms with E-state index in [1.54, 1.807) is 25.1 Å². The molecular formula is C11H14F3NO2. The number of hydrogen-bond donors (Lipinski definition) is 2. The molecule has 0 aliphatic rings. The highest BCUT2D eigenvalue weighted by Crippen LogP contribution is 2.25. The number of hydrogen-bond acceptors (Lipinski definition) is 3. The maximum Gasteiger partial charge on any atom is 0.417 e. The third-order valence-electron chi connectivity index (χ3n) is 2.18. The van der Waals surface area contributed by atoms with Crippen molar-refractivity contribution < 1.29 is 23.0 Å². The Kier molecular flexibility index (Phi) is 4.36. The zero-order chi connectivity index (χ0) is 13.1. The number of rotatable bonds is 4. The highest BCUT2D eigenvalue weighted by molar-refractivity contribution is 5.35. The van der Waals surface area contributed by atoms with Crippen molar-refractivity contribution in [3.63, 3.8) is 0 Å². The van der Waals surface area contributed by atoms with E-state index in [0.29, 0.717) is 5.56 Å². The molecule has 0 amide bonds. The fraction of sp³-hybridized carbons (Fsp3) is 0.455. The summed E-state index contributed by atoms with van der Waals surface area (Å²) in [4.78, 5) is 0. The van der Waals surface area contributed by atoms with Crippen molar-refractivity contribution in [3.8, 4) is 5.75 Å². The van der Waals surface area contributed by atoms with E-state index < -0.39 is 18.9 Å². The lowest BCUT2D eigenvalue weighted by atomic mass is 10.1. The average Bonchev–Trinajstić information content (AvgIpc) is 2.24. The predicted octanol–water partition coefficient (Wildman–Crippen LogP) is 2.01. The molecule has 0 saturated heterocycles. The second-order valence-electron chi connectivity index (χ2n) is 3.69. The van der Waals surface area contributed by atoms with E-state index in [1.807, 2.05) is 0 Å². The van der Waals surface area contributed by atoms with Crippen LogP contribution in [0.1, 0.15) is 18.5 Å². The number of aliphatic hydroxyl groups excluding tert-OH is 1. The lowest BCUT2D eigenvalue weighted by Gasteiger charge is -2.18. The zero-order valence-corrected chi connectivity index (χ0v) is 9.24. The van der Waals surface area contributed by atoms with Crippen molar-refractivity contribution >= 4 is 0 Å². The van der Waals surface area contributed by atoms with Crippen molar-refractivity contribution in [2.45, 2.75) is 25.2 Å². The van der Waals surface area contributed by atoms with E-state index in [1.165, 1.54) is 6.07 Å². The fourth-order valence-corrected chi connectivity index (χ4v) is 1.25. The molecule has 3 N–H and O–H groups in total. The second kappa shape index (κ2) is 5.37. The van der Waals surface area contributed by atoms with Gasteiger partial charge in [0.25, 0.3) is 0 Å². The van der Waals surface area contributed by atoms with Crippen LogP contribution in [0.5, 0.6) is 5.75 Å². The van der Waals surface area contributed by atoms with Gasteiger partial charge in [-0.25, -0.2) is 0 Å². The second-order valence-corrected chi connectivity index (χ2v) is 3.69. The number of alkyl halides is 3. The van der Waals surface area contributed by atoms with E-state index in [4.69, 9.17) is 15.6 Å². The molecule has 2 atom stereocenters. The monoisotopic (exact) mass is 249 g/mol. The van der Waals surface area contributed by atoms with E-state index in [9.17, 15) is 13.2 Å². The molecule has 0 saturated carbocycles. The molecular weight excluding hydrogens is 235 g/mol. The summed E-state index contributed by atoms with van der Waals surface area (Å²) < 4.78 is 41.1. The summed E-state index contributed by atoms with van der Waals surface area (Å²) in [6, 6.07) is 6.17. The van der Waals surface area contributed by atoms with Crippen LogP contribution in [0.4, 0.5) is 13.2 Å². The first-order chi connectivity index (χ1) is 7.82. The summed E-state index contributed by atoms with van der Waals surface area (Å²) >= 11 is 0. The van der Waals surface area contributed by atoms with Gasteiger partial charge in [0.05, 0.1) is 0 Å². The first-order valence-corrected chi connectivity index (χ1v) is 5.04. The predicted molar refractivity (Wildman–Crippen MR) is 56.6 cm³/mol. The molecule has 0 fully saturated rings. The largest absolute Gasteiger partial charge is 0.490 e. The van der Waals surface area contributed by atoms with Crippen LogP contribution < -0.4 is 10.5 Å². The lowest BCUT2D eigenvalue weighted by Crippen LogP contribution is -2.34. The summed E-state index contributed by atoms with van der Waals surface area (Å²) in [5.41, 5.74) is 6.24. The smallest absolute Gasteiger partial charge is 0.417 e. The number of halogens is 3. The Morgan fingerprint density at radius 3 is 2.47 bits per heavy atom. The molecule has 1 unspecified atom stereocenters. The first-order valence-electron chi connectivity index (χ1n) is 5.04. The number of benzene rings is 1. The summed E-state index contributed by atoms with van der Waals surface area (Å²) in [6.07, 6.45) is -7.17. The van der Waals surface area contributed by atoms with Gasteiger partial charge in [0.15, 0.2) is 6.10 Å². The Hall–Kier alpha value is -1.27. The van der Waals surface area contributed by atoms with Gasteiger partial charge in [0.2, 0.25) is 0 Å². The Bertz CT molecular complexity index is 366. The Labute approximate surface area is 97.0 Å². The topological polar surface area (TPSA) is 55.5 Å².